The number of thiocarbonyl (C=S) groups is 1. The Labute approximate surface area is 106 Å². The first-order valence-corrected chi connectivity index (χ1v) is 2.40. The second-order valence-corrected chi connectivity index (χ2v) is 2.29. The molecule has 0 aromatic carbocycles. The van der Waals surface area contributed by atoms with Gasteiger partial charge >= 0.3 is 0 Å². The van der Waals surface area contributed by atoms with Gasteiger partial charge in [-0.25, -0.2) is 0 Å². The zero-order valence-electron chi connectivity index (χ0n) is 5.80. The van der Waals surface area contributed by atoms with Crippen molar-refractivity contribution < 1.29 is 0 Å². The molecule has 0 spiro atoms. The van der Waals surface area contributed by atoms with Crippen molar-refractivity contribution in [1.29, 1.82) is 0 Å². The molecule has 0 bridgehead atoms. The molecule has 0 rings (SSSR count). The molecule has 0 aliphatic heterocycles. The Morgan fingerprint density at radius 2 is 1.50 bits per heavy atom. The maximum atomic E-state index is 4.61. The van der Waals surface area contributed by atoms with Crippen LogP contribution in [0.3, 0.4) is 0 Å². The number of rotatable bonds is 0. The fraction of sp³-hybridized carbons (Fsp3) is 0.667. The Bertz CT molecular complexity index is 66.3. The van der Waals surface area contributed by atoms with Crippen LogP contribution in [0.15, 0.2) is 0 Å². The second-order valence-electron chi connectivity index (χ2n) is 1.18. The second kappa shape index (κ2) is 9.24. The van der Waals surface area contributed by atoms with E-state index >= 15 is 0 Å². The van der Waals surface area contributed by atoms with Gasteiger partial charge in [-0.2, -0.15) is 0 Å². The summed E-state index contributed by atoms with van der Waals surface area (Å²) in [6.07, 6.45) is 0. The molecular formula is C3H7NNa2S2. The molecule has 0 aliphatic rings. The van der Waals surface area contributed by atoms with Crippen LogP contribution >= 0.6 is 24.8 Å². The van der Waals surface area contributed by atoms with Crippen LogP contribution in [-0.2, 0) is 0 Å². The van der Waals surface area contributed by atoms with Crippen LogP contribution in [0, 0.1) is 0 Å². The summed E-state index contributed by atoms with van der Waals surface area (Å²) in [7, 11) is 3.71. The van der Waals surface area contributed by atoms with Crippen LogP contribution in [0.4, 0.5) is 0 Å². The van der Waals surface area contributed by atoms with Gasteiger partial charge in [-0.15, -0.1) is 12.6 Å². The molecule has 0 aliphatic carbocycles. The maximum Gasteiger partial charge on any atom is 0.132 e. The standard InChI is InChI=1S/C3H7NS2.2Na/c1-4(2)3(5)6;;/h1-2H3,(H,5,6);;. The van der Waals surface area contributed by atoms with Crippen LogP contribution in [0.25, 0.3) is 0 Å². The van der Waals surface area contributed by atoms with Crippen molar-refractivity contribution in [1.82, 2.24) is 4.90 Å². The predicted octanol–water partition coefficient (Wildman–Crippen LogP) is 0.00110. The smallest absolute Gasteiger partial charge is 0.132 e. The summed E-state index contributed by atoms with van der Waals surface area (Å²) in [6, 6.07) is 0. The first-order chi connectivity index (χ1) is 2.64. The Balaban J connectivity index is -0.000000125. The van der Waals surface area contributed by atoms with E-state index in [1.165, 1.54) is 0 Å². The quantitative estimate of drug-likeness (QED) is 0.307. The van der Waals surface area contributed by atoms with Gasteiger partial charge in [0.2, 0.25) is 0 Å². The summed E-state index contributed by atoms with van der Waals surface area (Å²) in [5, 5.41) is 0. The SMILES string of the molecule is CN(C)C(=S)S.[Na].[Na]. The van der Waals surface area contributed by atoms with E-state index in [0.29, 0.717) is 4.32 Å². The van der Waals surface area contributed by atoms with Crippen LogP contribution in [-0.4, -0.2) is 82.4 Å². The van der Waals surface area contributed by atoms with E-state index in [9.17, 15) is 0 Å². The van der Waals surface area contributed by atoms with E-state index in [1.54, 1.807) is 4.90 Å². The first kappa shape index (κ1) is 16.7. The zero-order chi connectivity index (χ0) is 5.15. The van der Waals surface area contributed by atoms with E-state index in [-0.39, 0.29) is 59.1 Å². The van der Waals surface area contributed by atoms with E-state index in [4.69, 9.17) is 0 Å². The van der Waals surface area contributed by atoms with E-state index < -0.39 is 0 Å². The number of hydrogen-bond acceptors (Lipinski definition) is 1. The van der Waals surface area contributed by atoms with Crippen molar-refractivity contribution in [2.75, 3.05) is 14.1 Å². The van der Waals surface area contributed by atoms with Gasteiger partial charge in [-0.1, -0.05) is 12.2 Å². The van der Waals surface area contributed by atoms with Gasteiger partial charge in [0.05, 0.1) is 0 Å². The summed E-state index contributed by atoms with van der Waals surface area (Å²) >= 11 is 8.46. The minimum Gasteiger partial charge on any atom is -0.364 e. The summed E-state index contributed by atoms with van der Waals surface area (Å²) in [5.74, 6) is 0. The Morgan fingerprint density at radius 3 is 1.50 bits per heavy atom. The van der Waals surface area contributed by atoms with Gasteiger partial charge < -0.3 is 4.90 Å². The van der Waals surface area contributed by atoms with Crippen LogP contribution in [0.2, 0.25) is 0 Å². The van der Waals surface area contributed by atoms with Gasteiger partial charge in [0.1, 0.15) is 4.32 Å². The summed E-state index contributed by atoms with van der Waals surface area (Å²) in [4.78, 5) is 1.76. The number of thiol groups is 1. The molecule has 0 saturated heterocycles. The van der Waals surface area contributed by atoms with Gasteiger partial charge in [0, 0.05) is 73.2 Å². The molecule has 0 unspecified atom stereocenters. The molecule has 8 heavy (non-hydrogen) atoms. The third-order valence-electron chi connectivity index (χ3n) is 0.383. The Hall–Kier alpha value is 2.24. The van der Waals surface area contributed by atoms with E-state index in [2.05, 4.69) is 24.8 Å². The normalized spacial score (nSPS) is 5.88. The molecule has 38 valence electrons. The predicted molar refractivity (Wildman–Crippen MR) is 46.8 cm³/mol. The monoisotopic (exact) mass is 167 g/mol. The Kier molecular flexibility index (Phi) is 19.3. The molecular weight excluding hydrogens is 160 g/mol. The van der Waals surface area contributed by atoms with Gasteiger partial charge in [-0.05, 0) is 0 Å². The fourth-order valence-electron chi connectivity index (χ4n) is 0. The minimum atomic E-state index is 0. The molecule has 1 nitrogen and oxygen atoms in total. The van der Waals surface area contributed by atoms with Crippen molar-refractivity contribution >= 4 is 88.3 Å². The summed E-state index contributed by atoms with van der Waals surface area (Å²) < 4.78 is 0.620. The molecule has 2 radical (unpaired) electrons. The van der Waals surface area contributed by atoms with Gasteiger partial charge in [0.15, 0.2) is 0 Å². The molecule has 0 fully saturated rings. The number of nitrogens with zero attached hydrogens (tertiary/aromatic N) is 1. The molecule has 0 aromatic rings. The molecule has 0 atom stereocenters. The zero-order valence-corrected chi connectivity index (χ0v) is 11.5. The van der Waals surface area contributed by atoms with Crippen molar-refractivity contribution in [2.24, 2.45) is 0 Å². The van der Waals surface area contributed by atoms with Crippen LogP contribution in [0.1, 0.15) is 0 Å². The molecule has 5 heteroatoms. The third-order valence-corrected chi connectivity index (χ3v) is 1.15. The van der Waals surface area contributed by atoms with Crippen molar-refractivity contribution in [3.8, 4) is 0 Å². The van der Waals surface area contributed by atoms with Gasteiger partial charge in [0.25, 0.3) is 0 Å². The molecule has 0 heterocycles. The topological polar surface area (TPSA) is 3.24 Å². The van der Waals surface area contributed by atoms with Crippen LogP contribution in [0.5, 0.6) is 0 Å². The molecule has 0 aromatic heterocycles. The van der Waals surface area contributed by atoms with Crippen LogP contribution < -0.4 is 0 Å². The molecule has 0 amide bonds. The Morgan fingerprint density at radius 1 is 1.38 bits per heavy atom. The minimum absolute atomic E-state index is 0. The van der Waals surface area contributed by atoms with Crippen molar-refractivity contribution in [3.63, 3.8) is 0 Å². The third kappa shape index (κ3) is 11.1. The van der Waals surface area contributed by atoms with Crippen molar-refractivity contribution in [3.05, 3.63) is 0 Å². The average Bonchev–Trinajstić information content (AvgIpc) is 1.36. The molecule has 0 saturated carbocycles. The van der Waals surface area contributed by atoms with E-state index in [0.717, 1.165) is 0 Å². The maximum absolute atomic E-state index is 4.61. The number of hydrogen-bond donors (Lipinski definition) is 1. The first-order valence-electron chi connectivity index (χ1n) is 1.55. The van der Waals surface area contributed by atoms with Crippen molar-refractivity contribution in [2.45, 2.75) is 0 Å². The molecule has 0 N–H and O–H groups in total. The largest absolute Gasteiger partial charge is 0.364 e. The fourth-order valence-corrected chi connectivity index (χ4v) is 0. The van der Waals surface area contributed by atoms with Gasteiger partial charge in [-0.3, -0.25) is 0 Å². The summed E-state index contributed by atoms with van der Waals surface area (Å²) in [6.45, 7) is 0. The average molecular weight is 167 g/mol. The summed E-state index contributed by atoms with van der Waals surface area (Å²) in [5.41, 5.74) is 0. The van der Waals surface area contributed by atoms with E-state index in [1.807, 2.05) is 14.1 Å².